The summed E-state index contributed by atoms with van der Waals surface area (Å²) in [5, 5.41) is 16.9. The van der Waals surface area contributed by atoms with Crippen LogP contribution in [0.5, 0.6) is 0 Å². The molecule has 8 heteroatoms. The molecular weight excluding hydrogens is 356 g/mol. The number of carbonyl (C=O) groups excluding carboxylic acids is 1. The molecule has 4 rings (SSSR count). The number of nitrogens with one attached hydrogen (secondary N) is 1. The van der Waals surface area contributed by atoms with E-state index in [9.17, 15) is 9.59 Å². The minimum absolute atomic E-state index is 0.102. The lowest BCUT2D eigenvalue weighted by molar-refractivity contribution is -0.141. The molecule has 7 nitrogen and oxygen atoms in total. The zero-order valence-electron chi connectivity index (χ0n) is 14.1. The van der Waals surface area contributed by atoms with Crippen molar-refractivity contribution in [2.75, 3.05) is 0 Å². The van der Waals surface area contributed by atoms with Gasteiger partial charge in [0.1, 0.15) is 5.82 Å². The van der Waals surface area contributed by atoms with Gasteiger partial charge in [0.05, 0.1) is 16.6 Å². The van der Waals surface area contributed by atoms with E-state index < -0.39 is 11.9 Å². The highest BCUT2D eigenvalue weighted by Crippen LogP contribution is 2.40. The number of aromatic nitrogens is 3. The second kappa shape index (κ2) is 6.72. The lowest BCUT2D eigenvalue weighted by Gasteiger charge is -2.10. The van der Waals surface area contributed by atoms with Gasteiger partial charge < -0.3 is 10.4 Å². The number of halogens is 1. The molecule has 0 bridgehead atoms. The molecular formula is C18H19ClN4O3. The van der Waals surface area contributed by atoms with Crippen LogP contribution in [0.2, 0.25) is 5.02 Å². The van der Waals surface area contributed by atoms with Gasteiger partial charge in [0.2, 0.25) is 5.82 Å². The Morgan fingerprint density at radius 2 is 1.96 bits per heavy atom. The smallest absolute Gasteiger partial charge is 0.306 e. The van der Waals surface area contributed by atoms with Gasteiger partial charge in [-0.1, -0.05) is 23.7 Å². The average molecular weight is 375 g/mol. The van der Waals surface area contributed by atoms with E-state index in [0.717, 1.165) is 18.7 Å². The minimum atomic E-state index is -0.807. The van der Waals surface area contributed by atoms with Crippen LogP contribution >= 0.6 is 11.6 Å². The Bertz CT molecular complexity index is 862. The molecule has 1 aromatic carbocycles. The number of benzene rings is 1. The largest absolute Gasteiger partial charge is 0.481 e. The first-order valence-electron chi connectivity index (χ1n) is 8.78. The third-order valence-corrected chi connectivity index (χ3v) is 5.30. The molecule has 2 saturated carbocycles. The standard InChI is InChI=1S/C18H19ClN4O3/c19-13-3-1-2-4-14(13)23-16(10-5-6-10)21-15(22-23)17(24)20-12-8-7-11(9-12)18(25)26/h1-4,10-12H,5-9H2,(H,20,24)(H,25,26)/t11-,12+/m0/s1. The third kappa shape index (κ3) is 3.31. The monoisotopic (exact) mass is 374 g/mol. The van der Waals surface area contributed by atoms with Gasteiger partial charge in [-0.25, -0.2) is 9.67 Å². The van der Waals surface area contributed by atoms with Crippen molar-refractivity contribution in [3.8, 4) is 5.69 Å². The van der Waals surface area contributed by atoms with Crippen molar-refractivity contribution in [2.24, 2.45) is 5.92 Å². The number of nitrogens with zero attached hydrogens (tertiary/aromatic N) is 3. The van der Waals surface area contributed by atoms with Crippen LogP contribution < -0.4 is 5.32 Å². The topological polar surface area (TPSA) is 97.1 Å². The fourth-order valence-electron chi connectivity index (χ4n) is 3.41. The fourth-order valence-corrected chi connectivity index (χ4v) is 3.63. The van der Waals surface area contributed by atoms with Crippen LogP contribution in [-0.4, -0.2) is 37.8 Å². The fraction of sp³-hybridized carbons (Fsp3) is 0.444. The average Bonchev–Trinajstić information content (AvgIpc) is 3.18. The predicted octanol–water partition coefficient (Wildman–Crippen LogP) is 2.78. The molecule has 2 N–H and O–H groups in total. The Morgan fingerprint density at radius 3 is 2.62 bits per heavy atom. The molecule has 136 valence electrons. The number of carboxylic acid groups (broad SMARTS) is 1. The van der Waals surface area contributed by atoms with E-state index in [-0.39, 0.29) is 17.8 Å². The predicted molar refractivity (Wildman–Crippen MR) is 94.6 cm³/mol. The maximum Gasteiger partial charge on any atom is 0.306 e. The zero-order valence-corrected chi connectivity index (χ0v) is 14.8. The molecule has 0 aliphatic heterocycles. The van der Waals surface area contributed by atoms with Crippen LogP contribution in [0.1, 0.15) is 54.5 Å². The van der Waals surface area contributed by atoms with Gasteiger partial charge in [-0.05, 0) is 44.2 Å². The van der Waals surface area contributed by atoms with Gasteiger partial charge in [-0.15, -0.1) is 5.10 Å². The van der Waals surface area contributed by atoms with Gasteiger partial charge in [-0.2, -0.15) is 0 Å². The molecule has 1 aromatic heterocycles. The van der Waals surface area contributed by atoms with Gasteiger partial charge in [-0.3, -0.25) is 9.59 Å². The van der Waals surface area contributed by atoms with Crippen molar-refractivity contribution in [1.82, 2.24) is 20.1 Å². The first kappa shape index (κ1) is 17.0. The third-order valence-electron chi connectivity index (χ3n) is 4.98. The Kier molecular flexibility index (Phi) is 4.40. The molecule has 2 aromatic rings. The summed E-state index contributed by atoms with van der Waals surface area (Å²) in [4.78, 5) is 28.1. The van der Waals surface area contributed by atoms with Crippen molar-refractivity contribution in [3.63, 3.8) is 0 Å². The Balaban J connectivity index is 1.56. The summed E-state index contributed by atoms with van der Waals surface area (Å²) in [6.45, 7) is 0. The highest BCUT2D eigenvalue weighted by Gasteiger charge is 2.34. The molecule has 2 atom stereocenters. The van der Waals surface area contributed by atoms with E-state index >= 15 is 0 Å². The molecule has 2 aliphatic rings. The quantitative estimate of drug-likeness (QED) is 0.838. The molecule has 0 spiro atoms. The van der Waals surface area contributed by atoms with Crippen molar-refractivity contribution in [3.05, 3.63) is 40.9 Å². The normalized spacial score (nSPS) is 22.3. The van der Waals surface area contributed by atoms with Crippen LogP contribution in [0.15, 0.2) is 24.3 Å². The van der Waals surface area contributed by atoms with Crippen molar-refractivity contribution in [1.29, 1.82) is 0 Å². The van der Waals surface area contributed by atoms with E-state index in [2.05, 4.69) is 15.4 Å². The number of aliphatic carboxylic acids is 1. The molecule has 1 amide bonds. The second-order valence-electron chi connectivity index (χ2n) is 6.95. The van der Waals surface area contributed by atoms with Crippen molar-refractivity contribution in [2.45, 2.75) is 44.1 Å². The summed E-state index contributed by atoms with van der Waals surface area (Å²) >= 11 is 6.28. The van der Waals surface area contributed by atoms with Crippen molar-refractivity contribution < 1.29 is 14.7 Å². The van der Waals surface area contributed by atoms with E-state index in [1.807, 2.05) is 18.2 Å². The highest BCUT2D eigenvalue weighted by molar-refractivity contribution is 6.32. The first-order chi connectivity index (χ1) is 12.5. The van der Waals surface area contributed by atoms with E-state index in [4.69, 9.17) is 16.7 Å². The molecule has 26 heavy (non-hydrogen) atoms. The zero-order chi connectivity index (χ0) is 18.3. The van der Waals surface area contributed by atoms with Crippen molar-refractivity contribution >= 4 is 23.5 Å². The first-order valence-corrected chi connectivity index (χ1v) is 9.16. The Labute approximate surface area is 155 Å². The summed E-state index contributed by atoms with van der Waals surface area (Å²) in [6.07, 6.45) is 3.72. The SMILES string of the molecule is O=C(N[C@@H]1CC[C@H](C(=O)O)C1)c1nc(C2CC2)n(-c2ccccc2Cl)n1. The molecule has 0 unspecified atom stereocenters. The van der Waals surface area contributed by atoms with Gasteiger partial charge in [0.15, 0.2) is 0 Å². The summed E-state index contributed by atoms with van der Waals surface area (Å²) in [5.74, 6) is -0.421. The number of hydrogen-bond donors (Lipinski definition) is 2. The van der Waals surface area contributed by atoms with E-state index in [1.54, 1.807) is 10.7 Å². The maximum absolute atomic E-state index is 12.6. The van der Waals surface area contributed by atoms with Crippen LogP contribution in [-0.2, 0) is 4.79 Å². The summed E-state index contributed by atoms with van der Waals surface area (Å²) in [6, 6.07) is 7.18. The molecule has 1 heterocycles. The van der Waals surface area contributed by atoms with Gasteiger partial charge in [0, 0.05) is 12.0 Å². The highest BCUT2D eigenvalue weighted by atomic mass is 35.5. The van der Waals surface area contributed by atoms with Crippen LogP contribution in [0.4, 0.5) is 0 Å². The second-order valence-corrected chi connectivity index (χ2v) is 7.36. The molecule has 2 aliphatic carbocycles. The molecule has 2 fully saturated rings. The Morgan fingerprint density at radius 1 is 1.19 bits per heavy atom. The number of carboxylic acids is 1. The van der Waals surface area contributed by atoms with E-state index in [0.29, 0.717) is 35.9 Å². The summed E-state index contributed by atoms with van der Waals surface area (Å²) in [7, 11) is 0. The van der Waals surface area contributed by atoms with Gasteiger partial charge >= 0.3 is 5.97 Å². The van der Waals surface area contributed by atoms with E-state index in [1.165, 1.54) is 0 Å². The lowest BCUT2D eigenvalue weighted by Crippen LogP contribution is -2.34. The maximum atomic E-state index is 12.6. The molecule has 0 saturated heterocycles. The van der Waals surface area contributed by atoms with Crippen LogP contribution in [0.3, 0.4) is 0 Å². The lowest BCUT2D eigenvalue weighted by atomic mass is 10.1. The number of carbonyl (C=O) groups is 2. The number of amides is 1. The number of hydrogen-bond acceptors (Lipinski definition) is 4. The summed E-state index contributed by atoms with van der Waals surface area (Å²) < 4.78 is 1.66. The van der Waals surface area contributed by atoms with Crippen LogP contribution in [0.25, 0.3) is 5.69 Å². The van der Waals surface area contributed by atoms with Crippen LogP contribution in [0, 0.1) is 5.92 Å². The minimum Gasteiger partial charge on any atom is -0.481 e. The number of para-hydroxylation sites is 1. The number of rotatable bonds is 5. The molecule has 0 radical (unpaired) electrons. The van der Waals surface area contributed by atoms with Gasteiger partial charge in [0.25, 0.3) is 5.91 Å². The Hall–Kier alpha value is -2.41. The summed E-state index contributed by atoms with van der Waals surface area (Å²) in [5.41, 5.74) is 0.703.